The van der Waals surface area contributed by atoms with Crippen molar-refractivity contribution < 1.29 is 0 Å². The van der Waals surface area contributed by atoms with Crippen LogP contribution in [0.4, 0.5) is 0 Å². The van der Waals surface area contributed by atoms with Crippen LogP contribution in [0.15, 0.2) is 18.5 Å². The van der Waals surface area contributed by atoms with Crippen LogP contribution in [0.1, 0.15) is 6.92 Å². The van der Waals surface area contributed by atoms with Gasteiger partial charge in [-0.15, -0.1) is 0 Å². The largest absolute Gasteiger partial charge is 0.272 e. The van der Waals surface area contributed by atoms with Gasteiger partial charge in [0, 0.05) is 23.9 Å². The monoisotopic (exact) mass is 240 g/mol. The van der Waals surface area contributed by atoms with Crippen LogP contribution in [-0.4, -0.2) is 20.0 Å². The second kappa shape index (κ2) is 4.12. The highest BCUT2D eigenvalue weighted by Gasteiger charge is 2.04. The number of rotatable bonds is 2. The quantitative estimate of drug-likeness (QED) is 0.821. The Balaban J connectivity index is 2.53. The highest BCUT2D eigenvalue weighted by molar-refractivity contribution is 7.71. The third kappa shape index (κ3) is 2.08. The zero-order valence-electron chi connectivity index (χ0n) is 8.07. The number of halogens is 1. The lowest BCUT2D eigenvalue weighted by Gasteiger charge is -1.97. The molecular formula is C9H9ClN4S. The van der Waals surface area contributed by atoms with Crippen LogP contribution < -0.4 is 0 Å². The standard InChI is InChI=1S/C9H9ClN4S/c1-2-14-5-6(4-11-14)7-3-8(10)12-13-9(7)15/h3-5H,2H2,1H3,(H,13,15). The first-order chi connectivity index (χ1) is 7.20. The van der Waals surface area contributed by atoms with Crippen molar-refractivity contribution in [2.45, 2.75) is 13.5 Å². The molecule has 0 aromatic carbocycles. The smallest absolute Gasteiger partial charge is 0.150 e. The molecule has 2 aromatic rings. The molecule has 0 saturated carbocycles. The van der Waals surface area contributed by atoms with E-state index in [9.17, 15) is 0 Å². The van der Waals surface area contributed by atoms with Gasteiger partial charge < -0.3 is 0 Å². The molecule has 2 aromatic heterocycles. The zero-order valence-corrected chi connectivity index (χ0v) is 9.64. The van der Waals surface area contributed by atoms with E-state index in [1.807, 2.05) is 17.8 Å². The molecule has 0 aliphatic carbocycles. The molecule has 0 saturated heterocycles. The summed E-state index contributed by atoms with van der Waals surface area (Å²) >= 11 is 10.9. The van der Waals surface area contributed by atoms with Gasteiger partial charge in [-0.25, -0.2) is 0 Å². The predicted octanol–water partition coefficient (Wildman–Crippen LogP) is 2.68. The summed E-state index contributed by atoms with van der Waals surface area (Å²) in [5.74, 6) is 0. The van der Waals surface area contributed by atoms with Crippen molar-refractivity contribution >= 4 is 23.8 Å². The van der Waals surface area contributed by atoms with Gasteiger partial charge >= 0.3 is 0 Å². The van der Waals surface area contributed by atoms with E-state index in [1.165, 1.54) is 0 Å². The molecule has 4 nitrogen and oxygen atoms in total. The van der Waals surface area contributed by atoms with Gasteiger partial charge in [-0.1, -0.05) is 23.8 Å². The molecule has 2 rings (SSSR count). The van der Waals surface area contributed by atoms with Crippen LogP contribution in [0.25, 0.3) is 11.1 Å². The van der Waals surface area contributed by atoms with Crippen LogP contribution in [0.5, 0.6) is 0 Å². The van der Waals surface area contributed by atoms with Gasteiger partial charge in [-0.3, -0.25) is 9.78 Å². The molecule has 15 heavy (non-hydrogen) atoms. The number of nitrogens with zero attached hydrogens (tertiary/aromatic N) is 3. The van der Waals surface area contributed by atoms with Gasteiger partial charge in [0.25, 0.3) is 0 Å². The normalized spacial score (nSPS) is 10.5. The summed E-state index contributed by atoms with van der Waals surface area (Å²) in [7, 11) is 0. The summed E-state index contributed by atoms with van der Waals surface area (Å²) in [6.45, 7) is 2.85. The Hall–Kier alpha value is -1.20. The Kier molecular flexibility index (Phi) is 2.83. The zero-order chi connectivity index (χ0) is 10.8. The first kappa shape index (κ1) is 10.3. The predicted molar refractivity (Wildman–Crippen MR) is 61.3 cm³/mol. The van der Waals surface area contributed by atoms with Crippen LogP contribution in [0, 0.1) is 4.64 Å². The number of H-pyrrole nitrogens is 1. The molecule has 0 spiro atoms. The number of aryl methyl sites for hydroxylation is 1. The topological polar surface area (TPSA) is 46.5 Å². The molecule has 0 aliphatic rings. The lowest BCUT2D eigenvalue weighted by Crippen LogP contribution is -1.92. The summed E-state index contributed by atoms with van der Waals surface area (Å²) in [6, 6.07) is 1.73. The number of hydrogen-bond donors (Lipinski definition) is 1. The number of aromatic nitrogens is 4. The van der Waals surface area contributed by atoms with Crippen molar-refractivity contribution in [1.29, 1.82) is 0 Å². The molecule has 6 heteroatoms. The minimum absolute atomic E-state index is 0.392. The van der Waals surface area contributed by atoms with Crippen molar-refractivity contribution in [2.24, 2.45) is 0 Å². The SMILES string of the molecule is CCn1cc(-c2cc(Cl)n[nH]c2=S)cn1. The molecule has 0 fully saturated rings. The maximum Gasteiger partial charge on any atom is 0.150 e. The highest BCUT2D eigenvalue weighted by atomic mass is 35.5. The minimum Gasteiger partial charge on any atom is -0.272 e. The van der Waals surface area contributed by atoms with E-state index in [1.54, 1.807) is 12.3 Å². The third-order valence-electron chi connectivity index (χ3n) is 2.04. The van der Waals surface area contributed by atoms with E-state index in [0.717, 1.165) is 17.7 Å². The Morgan fingerprint density at radius 3 is 3.07 bits per heavy atom. The van der Waals surface area contributed by atoms with E-state index in [4.69, 9.17) is 23.8 Å². The van der Waals surface area contributed by atoms with Gasteiger partial charge in [-0.2, -0.15) is 10.2 Å². The lowest BCUT2D eigenvalue weighted by molar-refractivity contribution is 0.660. The van der Waals surface area contributed by atoms with E-state index in [-0.39, 0.29) is 0 Å². The molecule has 1 N–H and O–H groups in total. The van der Waals surface area contributed by atoms with Crippen molar-refractivity contribution in [3.05, 3.63) is 28.3 Å². The van der Waals surface area contributed by atoms with Crippen LogP contribution >= 0.6 is 23.8 Å². The Bertz CT molecular complexity index is 531. The minimum atomic E-state index is 0.392. The molecule has 0 radical (unpaired) electrons. The Labute approximate surface area is 96.9 Å². The van der Waals surface area contributed by atoms with Crippen molar-refractivity contribution in [3.8, 4) is 11.1 Å². The molecule has 0 bridgehead atoms. The second-order valence-corrected chi connectivity index (χ2v) is 3.81. The van der Waals surface area contributed by atoms with E-state index in [2.05, 4.69) is 15.3 Å². The average Bonchev–Trinajstić information content (AvgIpc) is 2.70. The third-order valence-corrected chi connectivity index (χ3v) is 2.55. The fraction of sp³-hybridized carbons (Fsp3) is 0.222. The summed E-state index contributed by atoms with van der Waals surface area (Å²) < 4.78 is 2.40. The second-order valence-electron chi connectivity index (χ2n) is 3.02. The molecule has 0 atom stereocenters. The average molecular weight is 241 g/mol. The Morgan fingerprint density at radius 2 is 2.40 bits per heavy atom. The van der Waals surface area contributed by atoms with E-state index >= 15 is 0 Å². The van der Waals surface area contributed by atoms with Crippen molar-refractivity contribution in [3.63, 3.8) is 0 Å². The van der Waals surface area contributed by atoms with Gasteiger partial charge in [-0.05, 0) is 13.0 Å². The van der Waals surface area contributed by atoms with Gasteiger partial charge in [0.15, 0.2) is 0 Å². The molecule has 0 unspecified atom stereocenters. The maximum atomic E-state index is 5.79. The summed E-state index contributed by atoms with van der Waals surface area (Å²) in [5, 5.41) is 11.1. The van der Waals surface area contributed by atoms with E-state index in [0.29, 0.717) is 9.79 Å². The fourth-order valence-corrected chi connectivity index (χ4v) is 1.65. The Morgan fingerprint density at radius 1 is 1.60 bits per heavy atom. The van der Waals surface area contributed by atoms with Gasteiger partial charge in [0.2, 0.25) is 0 Å². The number of hydrogen-bond acceptors (Lipinski definition) is 3. The maximum absolute atomic E-state index is 5.79. The van der Waals surface area contributed by atoms with Crippen molar-refractivity contribution in [1.82, 2.24) is 20.0 Å². The highest BCUT2D eigenvalue weighted by Crippen LogP contribution is 2.20. The molecule has 0 amide bonds. The van der Waals surface area contributed by atoms with Crippen LogP contribution in [0.2, 0.25) is 5.15 Å². The van der Waals surface area contributed by atoms with Crippen molar-refractivity contribution in [2.75, 3.05) is 0 Å². The first-order valence-electron chi connectivity index (χ1n) is 4.48. The first-order valence-corrected chi connectivity index (χ1v) is 5.27. The molecule has 78 valence electrons. The van der Waals surface area contributed by atoms with E-state index < -0.39 is 0 Å². The summed E-state index contributed by atoms with van der Waals surface area (Å²) in [6.07, 6.45) is 3.69. The molecule has 0 aliphatic heterocycles. The van der Waals surface area contributed by atoms with Gasteiger partial charge in [0.05, 0.1) is 6.20 Å². The van der Waals surface area contributed by atoms with Crippen LogP contribution in [0.3, 0.4) is 0 Å². The number of nitrogens with one attached hydrogen (secondary N) is 1. The molecule has 2 heterocycles. The van der Waals surface area contributed by atoms with Gasteiger partial charge in [0.1, 0.15) is 9.79 Å². The fourth-order valence-electron chi connectivity index (χ4n) is 1.27. The van der Waals surface area contributed by atoms with Crippen LogP contribution in [-0.2, 0) is 6.54 Å². The number of aromatic amines is 1. The lowest BCUT2D eigenvalue weighted by atomic mass is 10.2. The molecular weight excluding hydrogens is 232 g/mol. The summed E-state index contributed by atoms with van der Waals surface area (Å²) in [4.78, 5) is 0. The summed E-state index contributed by atoms with van der Waals surface area (Å²) in [5.41, 5.74) is 1.80.